The van der Waals surface area contributed by atoms with Crippen LogP contribution in [0.2, 0.25) is 0 Å². The molecule has 0 aliphatic carbocycles. The molecule has 0 saturated heterocycles. The van der Waals surface area contributed by atoms with Crippen molar-refractivity contribution < 1.29 is 19.4 Å². The zero-order chi connectivity index (χ0) is 15.4. The zero-order valence-corrected chi connectivity index (χ0v) is 11.5. The van der Waals surface area contributed by atoms with Gasteiger partial charge in [-0.2, -0.15) is 0 Å². The molecule has 21 heavy (non-hydrogen) atoms. The minimum atomic E-state index is -1.19. The number of benzene rings is 1. The minimum Gasteiger partial charge on any atom is -0.497 e. The van der Waals surface area contributed by atoms with Crippen LogP contribution in [-0.4, -0.2) is 41.0 Å². The number of nitrogens with zero attached hydrogens (tertiary/aromatic N) is 2. The quantitative estimate of drug-likeness (QED) is 0.809. The zero-order valence-electron chi connectivity index (χ0n) is 11.5. The Hall–Kier alpha value is -2.96. The fourth-order valence-corrected chi connectivity index (χ4v) is 1.84. The molecule has 0 fully saturated rings. The minimum absolute atomic E-state index is 0.108. The van der Waals surface area contributed by atoms with Crippen molar-refractivity contribution in [2.75, 3.05) is 14.2 Å². The third kappa shape index (κ3) is 2.81. The highest BCUT2D eigenvalue weighted by atomic mass is 16.5. The third-order valence-corrected chi connectivity index (χ3v) is 2.80. The number of carbonyl (C=O) groups is 1. The topological polar surface area (TPSA) is 105 Å². The monoisotopic (exact) mass is 287 g/mol. The van der Waals surface area contributed by atoms with Crippen molar-refractivity contribution in [2.45, 2.75) is 0 Å². The van der Waals surface area contributed by atoms with Gasteiger partial charge in [0.2, 0.25) is 0 Å². The van der Waals surface area contributed by atoms with Gasteiger partial charge in [0.25, 0.3) is 0 Å². The fraction of sp³-hybridized carbons (Fsp3) is 0.143. The molecule has 2 rings (SSSR count). The van der Waals surface area contributed by atoms with Gasteiger partial charge in [-0.3, -0.25) is 5.41 Å². The number of carboxylic acid groups (broad SMARTS) is 1. The molecule has 0 radical (unpaired) electrons. The van der Waals surface area contributed by atoms with Gasteiger partial charge in [0.15, 0.2) is 5.82 Å². The number of hydrogen-bond donors (Lipinski definition) is 2. The summed E-state index contributed by atoms with van der Waals surface area (Å²) in [6, 6.07) is 4.46. The summed E-state index contributed by atoms with van der Waals surface area (Å²) in [5, 5.41) is 17.5. The summed E-state index contributed by atoms with van der Waals surface area (Å²) in [7, 11) is 2.81. The average Bonchev–Trinajstić information content (AvgIpc) is 2.53. The average molecular weight is 287 g/mol. The summed E-state index contributed by atoms with van der Waals surface area (Å²) in [5.41, 5.74) is -0.131. The number of ether oxygens (including phenoxy) is 2. The van der Waals surface area contributed by atoms with Crippen LogP contribution >= 0.6 is 0 Å². The Morgan fingerprint density at radius 1 is 1.19 bits per heavy atom. The molecule has 0 unspecified atom stereocenters. The van der Waals surface area contributed by atoms with Gasteiger partial charge in [0, 0.05) is 18.5 Å². The highest BCUT2D eigenvalue weighted by molar-refractivity contribution is 6.15. The van der Waals surface area contributed by atoms with Crippen LogP contribution in [0.25, 0.3) is 0 Å². The Morgan fingerprint density at radius 3 is 2.38 bits per heavy atom. The highest BCUT2D eigenvalue weighted by Crippen LogP contribution is 2.30. The van der Waals surface area contributed by atoms with Gasteiger partial charge in [0.05, 0.1) is 25.3 Å². The molecule has 0 spiro atoms. The van der Waals surface area contributed by atoms with Gasteiger partial charge in [-0.15, -0.1) is 0 Å². The van der Waals surface area contributed by atoms with Crippen molar-refractivity contribution in [3.8, 4) is 11.5 Å². The van der Waals surface area contributed by atoms with E-state index in [0.717, 1.165) is 0 Å². The number of aromatic nitrogens is 2. The lowest BCUT2D eigenvalue weighted by atomic mass is 10.0. The molecule has 0 aliphatic rings. The van der Waals surface area contributed by atoms with E-state index in [2.05, 4.69) is 9.97 Å². The molecule has 0 aliphatic heterocycles. The second-order valence-electron chi connectivity index (χ2n) is 4.00. The summed E-state index contributed by atoms with van der Waals surface area (Å²) in [5.74, 6) is -0.537. The molecule has 108 valence electrons. The van der Waals surface area contributed by atoms with Gasteiger partial charge in [-0.05, 0) is 12.1 Å². The Bertz CT molecular complexity index is 686. The van der Waals surface area contributed by atoms with E-state index in [0.29, 0.717) is 5.75 Å². The van der Waals surface area contributed by atoms with Crippen molar-refractivity contribution in [3.63, 3.8) is 0 Å². The lowest BCUT2D eigenvalue weighted by molar-refractivity contribution is 0.0696. The van der Waals surface area contributed by atoms with E-state index in [-0.39, 0.29) is 28.4 Å². The maximum atomic E-state index is 11.4. The Kier molecular flexibility index (Phi) is 4.13. The van der Waals surface area contributed by atoms with Crippen molar-refractivity contribution >= 4 is 11.7 Å². The smallest absolute Gasteiger partial charge is 0.336 e. The van der Waals surface area contributed by atoms with Crippen molar-refractivity contribution in [3.05, 3.63) is 47.5 Å². The van der Waals surface area contributed by atoms with E-state index in [1.165, 1.54) is 38.7 Å². The number of methoxy groups -OCH3 is 2. The maximum Gasteiger partial charge on any atom is 0.336 e. The van der Waals surface area contributed by atoms with Crippen LogP contribution < -0.4 is 9.47 Å². The molecule has 0 amide bonds. The number of aromatic carboxylic acids is 1. The Balaban J connectivity index is 2.66. The molecule has 0 bridgehead atoms. The number of carboxylic acids is 1. The van der Waals surface area contributed by atoms with Crippen LogP contribution in [0.4, 0.5) is 0 Å². The molecule has 0 saturated carbocycles. The third-order valence-electron chi connectivity index (χ3n) is 2.80. The molecular formula is C14H13N3O4. The molecule has 1 heterocycles. The summed E-state index contributed by atoms with van der Waals surface area (Å²) in [6.45, 7) is 0. The van der Waals surface area contributed by atoms with Gasteiger partial charge in [0.1, 0.15) is 17.2 Å². The van der Waals surface area contributed by atoms with Crippen molar-refractivity contribution in [1.82, 2.24) is 9.97 Å². The van der Waals surface area contributed by atoms with E-state index < -0.39 is 5.97 Å². The van der Waals surface area contributed by atoms with Gasteiger partial charge in [-0.25, -0.2) is 14.8 Å². The summed E-state index contributed by atoms with van der Waals surface area (Å²) in [6.07, 6.45) is 2.96. The first-order chi connectivity index (χ1) is 10.1. The van der Waals surface area contributed by atoms with Crippen LogP contribution in [0, 0.1) is 5.41 Å². The van der Waals surface area contributed by atoms with E-state index in [1.54, 1.807) is 6.07 Å². The van der Waals surface area contributed by atoms with Gasteiger partial charge >= 0.3 is 5.97 Å². The van der Waals surface area contributed by atoms with E-state index in [4.69, 9.17) is 14.9 Å². The molecule has 2 N–H and O–H groups in total. The largest absolute Gasteiger partial charge is 0.497 e. The summed E-state index contributed by atoms with van der Waals surface area (Å²) >= 11 is 0. The summed E-state index contributed by atoms with van der Waals surface area (Å²) in [4.78, 5) is 19.4. The Labute approximate surface area is 120 Å². The van der Waals surface area contributed by atoms with E-state index in [1.807, 2.05) is 0 Å². The van der Waals surface area contributed by atoms with Crippen molar-refractivity contribution in [2.24, 2.45) is 0 Å². The van der Waals surface area contributed by atoms with Crippen LogP contribution in [-0.2, 0) is 0 Å². The van der Waals surface area contributed by atoms with Crippen LogP contribution in [0.15, 0.2) is 30.6 Å². The van der Waals surface area contributed by atoms with Gasteiger partial charge < -0.3 is 14.6 Å². The summed E-state index contributed by atoms with van der Waals surface area (Å²) < 4.78 is 10.2. The molecule has 1 aromatic heterocycles. The molecule has 1 aromatic carbocycles. The molecule has 7 heteroatoms. The first kappa shape index (κ1) is 14.4. The highest BCUT2D eigenvalue weighted by Gasteiger charge is 2.23. The van der Waals surface area contributed by atoms with Crippen molar-refractivity contribution in [1.29, 1.82) is 5.41 Å². The van der Waals surface area contributed by atoms with Gasteiger partial charge in [-0.1, -0.05) is 0 Å². The predicted octanol–water partition coefficient (Wildman–Crippen LogP) is 1.61. The normalized spacial score (nSPS) is 10.0. The first-order valence-electron chi connectivity index (χ1n) is 5.94. The SMILES string of the molecule is COc1cc(OC)c(C(=N)c2ncccn2)c(C(=O)O)c1. The van der Waals surface area contributed by atoms with Crippen LogP contribution in [0.5, 0.6) is 11.5 Å². The maximum absolute atomic E-state index is 11.4. The predicted molar refractivity (Wildman–Crippen MR) is 74.5 cm³/mol. The lowest BCUT2D eigenvalue weighted by Gasteiger charge is -2.13. The number of nitrogens with one attached hydrogen (secondary N) is 1. The molecule has 2 aromatic rings. The molecular weight excluding hydrogens is 274 g/mol. The number of rotatable bonds is 5. The van der Waals surface area contributed by atoms with E-state index >= 15 is 0 Å². The number of hydrogen-bond acceptors (Lipinski definition) is 6. The standard InChI is InChI=1S/C14H13N3O4/c1-20-8-6-9(14(18)19)11(10(7-8)21-2)12(15)13-16-4-3-5-17-13/h3-7,15H,1-2H3,(H,18,19). The second kappa shape index (κ2) is 6.00. The lowest BCUT2D eigenvalue weighted by Crippen LogP contribution is -2.14. The van der Waals surface area contributed by atoms with E-state index in [9.17, 15) is 9.90 Å². The second-order valence-corrected chi connectivity index (χ2v) is 4.00. The molecule has 0 atom stereocenters. The van der Waals surface area contributed by atoms with Crippen LogP contribution in [0.1, 0.15) is 21.7 Å². The van der Waals surface area contributed by atoms with Crippen LogP contribution in [0.3, 0.4) is 0 Å². The molecule has 7 nitrogen and oxygen atoms in total. The Morgan fingerprint density at radius 2 is 1.86 bits per heavy atom. The first-order valence-corrected chi connectivity index (χ1v) is 5.94. The fourth-order valence-electron chi connectivity index (χ4n) is 1.84.